The van der Waals surface area contributed by atoms with Crippen molar-refractivity contribution >= 4 is 39.8 Å². The summed E-state index contributed by atoms with van der Waals surface area (Å²) in [5.41, 5.74) is 1.41. The molecule has 2 N–H and O–H groups in total. The number of benzene rings is 3. The van der Waals surface area contributed by atoms with Gasteiger partial charge in [0.1, 0.15) is 17.2 Å². The first-order valence-corrected chi connectivity index (χ1v) is 11.0. The molecule has 4 rings (SSSR count). The quantitative estimate of drug-likeness (QED) is 0.337. The number of anilines is 1. The van der Waals surface area contributed by atoms with Crippen molar-refractivity contribution in [3.8, 4) is 28.7 Å². The lowest BCUT2D eigenvalue weighted by Gasteiger charge is -2.13. The molecule has 1 heterocycles. The van der Waals surface area contributed by atoms with Gasteiger partial charge in [0, 0.05) is 23.3 Å². The Morgan fingerprint density at radius 2 is 1.60 bits per heavy atom. The van der Waals surface area contributed by atoms with Crippen LogP contribution in [0.1, 0.15) is 0 Å². The molecule has 0 saturated carbocycles. The first-order chi connectivity index (χ1) is 17.1. The number of carbonyl (C=O) groups excluding carboxylic acids is 1. The standard InChI is InChI=1S/C26H23N3O5S/c1-31-23-14-20-21(15-24(23)32-2)27-13-12-22(20)34-19-10-8-17(9-11-19)28-26(35)29-25(30)16-33-18-6-4-3-5-7-18/h3-15H,16H2,1-2H3,(H2,28,29,30,35). The smallest absolute Gasteiger partial charge is 0.264 e. The second kappa shape index (κ2) is 11.2. The molecule has 1 aromatic heterocycles. The molecule has 0 aliphatic rings. The molecule has 0 saturated heterocycles. The Morgan fingerprint density at radius 3 is 2.31 bits per heavy atom. The molecule has 0 aliphatic heterocycles. The van der Waals surface area contributed by atoms with E-state index in [1.807, 2.05) is 24.3 Å². The van der Waals surface area contributed by atoms with Crippen LogP contribution in [-0.2, 0) is 4.79 Å². The molecule has 35 heavy (non-hydrogen) atoms. The number of para-hydroxylation sites is 1. The molecule has 0 atom stereocenters. The number of rotatable bonds is 8. The van der Waals surface area contributed by atoms with Gasteiger partial charge in [-0.1, -0.05) is 18.2 Å². The lowest BCUT2D eigenvalue weighted by Crippen LogP contribution is -2.37. The highest BCUT2D eigenvalue weighted by atomic mass is 32.1. The van der Waals surface area contributed by atoms with Crippen molar-refractivity contribution in [2.45, 2.75) is 0 Å². The lowest BCUT2D eigenvalue weighted by molar-refractivity contribution is -0.121. The van der Waals surface area contributed by atoms with Gasteiger partial charge in [0.05, 0.1) is 19.7 Å². The summed E-state index contributed by atoms with van der Waals surface area (Å²) in [4.78, 5) is 16.4. The van der Waals surface area contributed by atoms with Gasteiger partial charge in [-0.15, -0.1) is 0 Å². The van der Waals surface area contributed by atoms with Gasteiger partial charge < -0.3 is 24.3 Å². The monoisotopic (exact) mass is 489 g/mol. The largest absolute Gasteiger partial charge is 0.493 e. The molecule has 0 spiro atoms. The normalized spacial score (nSPS) is 10.3. The molecule has 0 radical (unpaired) electrons. The van der Waals surface area contributed by atoms with Crippen LogP contribution < -0.4 is 29.6 Å². The Morgan fingerprint density at radius 1 is 0.886 bits per heavy atom. The number of nitrogens with zero attached hydrogens (tertiary/aromatic N) is 1. The Hall–Kier alpha value is -4.37. The molecule has 1 amide bonds. The van der Waals surface area contributed by atoms with Crippen molar-refractivity contribution in [2.24, 2.45) is 0 Å². The van der Waals surface area contributed by atoms with Gasteiger partial charge >= 0.3 is 0 Å². The van der Waals surface area contributed by atoms with E-state index in [0.29, 0.717) is 34.4 Å². The molecular formula is C26H23N3O5S. The van der Waals surface area contributed by atoms with Gasteiger partial charge in [-0.2, -0.15) is 0 Å². The van der Waals surface area contributed by atoms with E-state index in [4.69, 9.17) is 31.2 Å². The Labute approximate surface area is 207 Å². The summed E-state index contributed by atoms with van der Waals surface area (Å²) in [5, 5.41) is 6.51. The summed E-state index contributed by atoms with van der Waals surface area (Å²) < 4.78 is 22.2. The minimum Gasteiger partial charge on any atom is -0.493 e. The summed E-state index contributed by atoms with van der Waals surface area (Å²) >= 11 is 5.22. The Kier molecular flexibility index (Phi) is 7.59. The zero-order valence-corrected chi connectivity index (χ0v) is 19.9. The predicted molar refractivity (Wildman–Crippen MR) is 138 cm³/mol. The van der Waals surface area contributed by atoms with Crippen molar-refractivity contribution in [3.05, 3.63) is 79.0 Å². The van der Waals surface area contributed by atoms with E-state index in [-0.39, 0.29) is 17.6 Å². The second-order valence-corrected chi connectivity index (χ2v) is 7.67. The van der Waals surface area contributed by atoms with E-state index in [1.165, 1.54) is 0 Å². The van der Waals surface area contributed by atoms with E-state index in [9.17, 15) is 4.79 Å². The molecule has 0 fully saturated rings. The van der Waals surface area contributed by atoms with Gasteiger partial charge in [0.25, 0.3) is 5.91 Å². The number of aromatic nitrogens is 1. The zero-order valence-electron chi connectivity index (χ0n) is 19.1. The summed E-state index contributed by atoms with van der Waals surface area (Å²) in [5.74, 6) is 2.67. The third-order valence-corrected chi connectivity index (χ3v) is 5.12. The number of amides is 1. The number of methoxy groups -OCH3 is 2. The number of thiocarbonyl (C=S) groups is 1. The summed E-state index contributed by atoms with van der Waals surface area (Å²) in [6.07, 6.45) is 1.67. The van der Waals surface area contributed by atoms with E-state index in [2.05, 4.69) is 15.6 Å². The van der Waals surface area contributed by atoms with Gasteiger partial charge in [-0.3, -0.25) is 15.1 Å². The van der Waals surface area contributed by atoms with E-state index >= 15 is 0 Å². The number of carbonyl (C=O) groups is 1. The van der Waals surface area contributed by atoms with Gasteiger partial charge in [-0.25, -0.2) is 0 Å². The SMILES string of the molecule is COc1cc2nccc(Oc3ccc(NC(=S)NC(=O)COc4ccccc4)cc3)c2cc1OC. The molecule has 9 heteroatoms. The van der Waals surface area contributed by atoms with Gasteiger partial charge in [0.2, 0.25) is 0 Å². The van der Waals surface area contributed by atoms with Crippen molar-refractivity contribution < 1.29 is 23.7 Å². The van der Waals surface area contributed by atoms with Gasteiger partial charge in [-0.05, 0) is 60.7 Å². The fourth-order valence-electron chi connectivity index (χ4n) is 3.26. The van der Waals surface area contributed by atoms with E-state index < -0.39 is 0 Å². The minimum atomic E-state index is -0.358. The van der Waals surface area contributed by atoms with Crippen molar-refractivity contribution in [2.75, 3.05) is 26.1 Å². The Bertz CT molecular complexity index is 1330. The molecule has 0 unspecified atom stereocenters. The summed E-state index contributed by atoms with van der Waals surface area (Å²) in [7, 11) is 3.16. The third-order valence-electron chi connectivity index (χ3n) is 4.91. The van der Waals surface area contributed by atoms with Crippen LogP contribution in [0.5, 0.6) is 28.7 Å². The fourth-order valence-corrected chi connectivity index (χ4v) is 3.49. The third kappa shape index (κ3) is 6.15. The number of hydrogen-bond donors (Lipinski definition) is 2. The predicted octanol–water partition coefficient (Wildman–Crippen LogP) is 4.94. The number of hydrogen-bond acceptors (Lipinski definition) is 7. The summed E-state index contributed by atoms with van der Waals surface area (Å²) in [6, 6.07) is 21.7. The molecule has 4 aromatic rings. The Balaban J connectivity index is 1.36. The molecule has 0 aliphatic carbocycles. The van der Waals surface area contributed by atoms with Crippen molar-refractivity contribution in [1.29, 1.82) is 0 Å². The molecule has 3 aromatic carbocycles. The molecule has 8 nitrogen and oxygen atoms in total. The highest BCUT2D eigenvalue weighted by molar-refractivity contribution is 7.80. The average molecular weight is 490 g/mol. The maximum absolute atomic E-state index is 12.1. The number of nitrogens with one attached hydrogen (secondary N) is 2. The van der Waals surface area contributed by atoms with Gasteiger partial charge in [0.15, 0.2) is 23.2 Å². The number of fused-ring (bicyclic) bond motifs is 1. The highest BCUT2D eigenvalue weighted by Gasteiger charge is 2.12. The summed E-state index contributed by atoms with van der Waals surface area (Å²) in [6.45, 7) is -0.144. The van der Waals surface area contributed by atoms with E-state index in [0.717, 1.165) is 10.9 Å². The van der Waals surface area contributed by atoms with Crippen molar-refractivity contribution in [1.82, 2.24) is 10.3 Å². The van der Waals surface area contributed by atoms with Crippen LogP contribution in [0.25, 0.3) is 10.9 Å². The second-order valence-electron chi connectivity index (χ2n) is 7.26. The van der Waals surface area contributed by atoms with Crippen molar-refractivity contribution in [3.63, 3.8) is 0 Å². The van der Waals surface area contributed by atoms with Crippen LogP contribution in [0.15, 0.2) is 79.0 Å². The minimum absolute atomic E-state index is 0.144. The van der Waals surface area contributed by atoms with Crippen LogP contribution in [-0.4, -0.2) is 36.8 Å². The number of pyridine rings is 1. The average Bonchev–Trinajstić information content (AvgIpc) is 2.88. The fraction of sp³-hybridized carbons (Fsp3) is 0.115. The highest BCUT2D eigenvalue weighted by Crippen LogP contribution is 2.36. The lowest BCUT2D eigenvalue weighted by atomic mass is 10.2. The maximum atomic E-state index is 12.1. The number of ether oxygens (including phenoxy) is 4. The molecule has 178 valence electrons. The molecule has 0 bridgehead atoms. The van der Waals surface area contributed by atoms with Crippen LogP contribution >= 0.6 is 12.2 Å². The van der Waals surface area contributed by atoms with Crippen LogP contribution in [0.4, 0.5) is 5.69 Å². The van der Waals surface area contributed by atoms with Crippen LogP contribution in [0, 0.1) is 0 Å². The van der Waals surface area contributed by atoms with Crippen LogP contribution in [0.3, 0.4) is 0 Å². The topological polar surface area (TPSA) is 90.9 Å². The van der Waals surface area contributed by atoms with Crippen LogP contribution in [0.2, 0.25) is 0 Å². The maximum Gasteiger partial charge on any atom is 0.264 e. The zero-order chi connectivity index (χ0) is 24.6. The molecular weight excluding hydrogens is 466 g/mol. The van der Waals surface area contributed by atoms with E-state index in [1.54, 1.807) is 68.9 Å². The first kappa shape index (κ1) is 23.8. The first-order valence-electron chi connectivity index (χ1n) is 10.6.